The Morgan fingerprint density at radius 2 is 1.86 bits per heavy atom. The predicted octanol–water partition coefficient (Wildman–Crippen LogP) is 2.69. The van der Waals surface area contributed by atoms with Crippen LogP contribution in [0.2, 0.25) is 0 Å². The number of rotatable bonds is 6. The molecule has 2 N–H and O–H groups in total. The van der Waals surface area contributed by atoms with Crippen LogP contribution in [0.25, 0.3) is 0 Å². The lowest BCUT2D eigenvalue weighted by molar-refractivity contribution is 0.141. The summed E-state index contributed by atoms with van der Waals surface area (Å²) < 4.78 is 24.2. The van der Waals surface area contributed by atoms with Gasteiger partial charge in [-0.1, -0.05) is 31.9 Å². The third-order valence-electron chi connectivity index (χ3n) is 4.46. The second-order valence-electron chi connectivity index (χ2n) is 5.77. The lowest BCUT2D eigenvalue weighted by Gasteiger charge is -2.30. The van der Waals surface area contributed by atoms with E-state index in [4.69, 9.17) is 0 Å². The quantitative estimate of drug-likeness (QED) is 0.847. The zero-order chi connectivity index (χ0) is 15.3. The third-order valence-corrected chi connectivity index (χ3v) is 6.24. The van der Waals surface area contributed by atoms with E-state index in [1.807, 2.05) is 12.1 Å². The van der Waals surface area contributed by atoms with Gasteiger partial charge in [0.05, 0.1) is 16.3 Å². The van der Waals surface area contributed by atoms with Gasteiger partial charge in [-0.25, -0.2) is 8.42 Å². The van der Waals surface area contributed by atoms with Crippen LogP contribution in [0.15, 0.2) is 29.2 Å². The van der Waals surface area contributed by atoms with Gasteiger partial charge in [0, 0.05) is 13.2 Å². The van der Waals surface area contributed by atoms with Crippen molar-refractivity contribution in [3.63, 3.8) is 0 Å². The Bertz CT molecular complexity index is 556. The van der Waals surface area contributed by atoms with Crippen LogP contribution in [0.3, 0.4) is 0 Å². The van der Waals surface area contributed by atoms with E-state index in [0.29, 0.717) is 22.4 Å². The molecule has 0 heterocycles. The minimum atomic E-state index is -3.21. The van der Waals surface area contributed by atoms with E-state index < -0.39 is 9.84 Å². The first kappa shape index (κ1) is 16.3. The van der Waals surface area contributed by atoms with E-state index in [0.717, 1.165) is 19.4 Å². The van der Waals surface area contributed by atoms with E-state index in [9.17, 15) is 13.5 Å². The van der Waals surface area contributed by atoms with E-state index in [-0.39, 0.29) is 12.4 Å². The van der Waals surface area contributed by atoms with E-state index in [1.165, 1.54) is 12.8 Å². The molecule has 1 saturated carbocycles. The summed E-state index contributed by atoms with van der Waals surface area (Å²) in [6, 6.07) is 7.08. The van der Waals surface area contributed by atoms with E-state index in [2.05, 4.69) is 5.32 Å². The van der Waals surface area contributed by atoms with Crippen LogP contribution in [-0.2, 0) is 9.84 Å². The van der Waals surface area contributed by atoms with E-state index in [1.54, 1.807) is 19.1 Å². The molecule has 5 heteroatoms. The minimum absolute atomic E-state index is 0.106. The van der Waals surface area contributed by atoms with Crippen LogP contribution in [-0.4, -0.2) is 32.4 Å². The maximum absolute atomic E-state index is 12.1. The molecule has 0 radical (unpaired) electrons. The lowest BCUT2D eigenvalue weighted by Crippen LogP contribution is -2.29. The fourth-order valence-electron chi connectivity index (χ4n) is 3.07. The van der Waals surface area contributed by atoms with Crippen LogP contribution >= 0.6 is 0 Å². The van der Waals surface area contributed by atoms with Gasteiger partial charge in [-0.2, -0.15) is 0 Å². The molecule has 21 heavy (non-hydrogen) atoms. The molecule has 2 rings (SSSR count). The summed E-state index contributed by atoms with van der Waals surface area (Å²) in [7, 11) is -3.21. The van der Waals surface area contributed by atoms with Gasteiger partial charge in [0.2, 0.25) is 0 Å². The summed E-state index contributed by atoms with van der Waals surface area (Å²) in [5, 5.41) is 12.8. The molecular weight excluding hydrogens is 286 g/mol. The molecule has 0 saturated heterocycles. The molecule has 0 aliphatic heterocycles. The van der Waals surface area contributed by atoms with Crippen molar-refractivity contribution in [2.24, 2.45) is 11.8 Å². The molecule has 0 spiro atoms. The molecule has 2 atom stereocenters. The van der Waals surface area contributed by atoms with Gasteiger partial charge in [-0.15, -0.1) is 0 Å². The van der Waals surface area contributed by atoms with Crippen LogP contribution in [0, 0.1) is 11.8 Å². The maximum Gasteiger partial charge on any atom is 0.180 e. The summed E-state index contributed by atoms with van der Waals surface area (Å²) in [6.45, 7) is 2.61. The molecule has 4 nitrogen and oxygen atoms in total. The zero-order valence-corrected chi connectivity index (χ0v) is 13.4. The first-order chi connectivity index (χ1) is 10.1. The van der Waals surface area contributed by atoms with Crippen LogP contribution in [0.1, 0.15) is 32.6 Å². The Kier molecular flexibility index (Phi) is 5.65. The Hall–Kier alpha value is -1.07. The lowest BCUT2D eigenvalue weighted by atomic mass is 9.79. The van der Waals surface area contributed by atoms with Crippen LogP contribution < -0.4 is 5.32 Å². The predicted molar refractivity (Wildman–Crippen MR) is 85.2 cm³/mol. The number of para-hydroxylation sites is 1. The topological polar surface area (TPSA) is 66.4 Å². The number of aliphatic hydroxyl groups excluding tert-OH is 1. The van der Waals surface area contributed by atoms with E-state index >= 15 is 0 Å². The van der Waals surface area contributed by atoms with Crippen molar-refractivity contribution in [1.29, 1.82) is 0 Å². The SMILES string of the molecule is CCS(=O)(=O)c1ccccc1NCC1CCCCC1CO. The third kappa shape index (κ3) is 3.98. The van der Waals surface area contributed by atoms with Crippen molar-refractivity contribution < 1.29 is 13.5 Å². The average Bonchev–Trinajstić information content (AvgIpc) is 2.53. The number of hydrogen-bond donors (Lipinski definition) is 2. The molecule has 2 unspecified atom stereocenters. The number of benzene rings is 1. The largest absolute Gasteiger partial charge is 0.396 e. The monoisotopic (exact) mass is 311 g/mol. The van der Waals surface area contributed by atoms with Crippen molar-refractivity contribution >= 4 is 15.5 Å². The van der Waals surface area contributed by atoms with Crippen molar-refractivity contribution in [3.8, 4) is 0 Å². The van der Waals surface area contributed by atoms with Gasteiger partial charge in [0.1, 0.15) is 0 Å². The van der Waals surface area contributed by atoms with Gasteiger partial charge >= 0.3 is 0 Å². The molecule has 1 aromatic carbocycles. The first-order valence-corrected chi connectivity index (χ1v) is 9.40. The van der Waals surface area contributed by atoms with Crippen molar-refractivity contribution in [3.05, 3.63) is 24.3 Å². The highest BCUT2D eigenvalue weighted by atomic mass is 32.2. The summed E-state index contributed by atoms with van der Waals surface area (Å²) in [6.07, 6.45) is 4.54. The fourth-order valence-corrected chi connectivity index (χ4v) is 4.15. The fraction of sp³-hybridized carbons (Fsp3) is 0.625. The highest BCUT2D eigenvalue weighted by Gasteiger charge is 2.25. The van der Waals surface area contributed by atoms with Crippen molar-refractivity contribution in [1.82, 2.24) is 0 Å². The van der Waals surface area contributed by atoms with Gasteiger partial charge in [-0.3, -0.25) is 0 Å². The van der Waals surface area contributed by atoms with Crippen LogP contribution in [0.5, 0.6) is 0 Å². The Balaban J connectivity index is 2.10. The molecule has 1 aliphatic rings. The summed E-state index contributed by atoms with van der Waals surface area (Å²) in [4.78, 5) is 0.379. The summed E-state index contributed by atoms with van der Waals surface area (Å²) >= 11 is 0. The number of aliphatic hydroxyl groups is 1. The molecule has 0 aromatic heterocycles. The second kappa shape index (κ2) is 7.27. The normalized spacial score (nSPS) is 23.0. The number of anilines is 1. The van der Waals surface area contributed by atoms with Gasteiger partial charge in [0.15, 0.2) is 9.84 Å². The average molecular weight is 311 g/mol. The highest BCUT2D eigenvalue weighted by Crippen LogP contribution is 2.30. The summed E-state index contributed by atoms with van der Waals surface area (Å²) in [5.74, 6) is 0.858. The molecule has 0 bridgehead atoms. The van der Waals surface area contributed by atoms with Crippen molar-refractivity contribution in [2.45, 2.75) is 37.5 Å². The molecule has 118 valence electrons. The smallest absolute Gasteiger partial charge is 0.180 e. The van der Waals surface area contributed by atoms with Crippen molar-refractivity contribution in [2.75, 3.05) is 24.2 Å². The number of hydrogen-bond acceptors (Lipinski definition) is 4. The zero-order valence-electron chi connectivity index (χ0n) is 12.6. The van der Waals surface area contributed by atoms with Gasteiger partial charge < -0.3 is 10.4 Å². The Labute approximate surface area is 127 Å². The van der Waals surface area contributed by atoms with Gasteiger partial charge in [-0.05, 0) is 36.8 Å². The molecule has 0 amide bonds. The Morgan fingerprint density at radius 3 is 2.52 bits per heavy atom. The molecule has 1 aromatic rings. The first-order valence-electron chi connectivity index (χ1n) is 7.75. The molecular formula is C16H25NO3S. The standard InChI is InChI=1S/C16H25NO3S/c1-2-21(19,20)16-10-6-5-9-15(16)17-11-13-7-3-4-8-14(13)12-18/h5-6,9-10,13-14,17-18H,2-4,7-8,11-12H2,1H3. The number of sulfone groups is 1. The molecule has 1 fully saturated rings. The molecule has 1 aliphatic carbocycles. The minimum Gasteiger partial charge on any atom is -0.396 e. The maximum atomic E-state index is 12.1. The Morgan fingerprint density at radius 1 is 1.19 bits per heavy atom. The van der Waals surface area contributed by atoms with Gasteiger partial charge in [0.25, 0.3) is 0 Å². The highest BCUT2D eigenvalue weighted by molar-refractivity contribution is 7.91. The van der Waals surface area contributed by atoms with Crippen LogP contribution in [0.4, 0.5) is 5.69 Å². The second-order valence-corrected chi connectivity index (χ2v) is 8.01. The summed E-state index contributed by atoms with van der Waals surface area (Å²) in [5.41, 5.74) is 0.682. The number of nitrogens with one attached hydrogen (secondary N) is 1.